The van der Waals surface area contributed by atoms with Crippen LogP contribution in [-0.2, 0) is 13.4 Å². The Hall–Kier alpha value is 0.680. The van der Waals surface area contributed by atoms with Crippen molar-refractivity contribution < 1.29 is 53.4 Å². The van der Waals surface area contributed by atoms with Crippen LogP contribution < -0.4 is 0 Å². The van der Waals surface area contributed by atoms with Crippen molar-refractivity contribution in [3.63, 3.8) is 0 Å². The summed E-state index contributed by atoms with van der Waals surface area (Å²) in [7, 11) is -10.1. The van der Waals surface area contributed by atoms with E-state index in [0.717, 1.165) is 0 Å². The van der Waals surface area contributed by atoms with Crippen LogP contribution in [0, 0.1) is 5.41 Å². The summed E-state index contributed by atoms with van der Waals surface area (Å²) in [6, 6.07) is 0. The van der Waals surface area contributed by atoms with Crippen LogP contribution in [0.5, 0.6) is 0 Å². The Morgan fingerprint density at radius 1 is 0.700 bits per heavy atom. The van der Waals surface area contributed by atoms with Crippen LogP contribution in [-0.4, -0.2) is 66.4 Å². The molecule has 0 amide bonds. The van der Waals surface area contributed by atoms with E-state index in [-0.39, 0.29) is 24.8 Å². The van der Waals surface area contributed by atoms with Crippen LogP contribution in [0.1, 0.15) is 0 Å². The molecule has 0 saturated carbocycles. The molecule has 0 aromatic rings. The fraction of sp³-hybridized carbons (Fsp3) is 1.00. The molecule has 0 aliphatic heterocycles. The van der Waals surface area contributed by atoms with Crippen molar-refractivity contribution in [1.29, 1.82) is 0 Å². The summed E-state index contributed by atoms with van der Waals surface area (Å²) in [5, 5.41) is 34.0. The van der Waals surface area contributed by atoms with Gasteiger partial charge in [-0.15, -0.1) is 24.8 Å². The van der Waals surface area contributed by atoms with Crippen LogP contribution in [0.3, 0.4) is 0 Å². The molecular weight excluding hydrogens is 369 g/mol. The summed E-state index contributed by atoms with van der Waals surface area (Å²) in [5.74, 6) is 0. The zero-order chi connectivity index (χ0) is 15.0. The Morgan fingerprint density at radius 3 is 0.900 bits per heavy atom. The largest absolute Gasteiger partial charge is 0.478 e. The smallest absolute Gasteiger partial charge is 0.396 e. The van der Waals surface area contributed by atoms with Crippen LogP contribution in [0.15, 0.2) is 0 Å². The van der Waals surface area contributed by atoms with Crippen LogP contribution >= 0.6 is 40.5 Å². The van der Waals surface area contributed by atoms with Gasteiger partial charge in [0.05, 0.1) is 31.8 Å². The number of rotatable bonds is 6. The molecule has 8 N–H and O–H groups in total. The molecule has 0 radical (unpaired) electrons. The first-order chi connectivity index (χ1) is 7.95. The molecule has 0 heterocycles. The normalized spacial score (nSPS) is 11.6. The number of aliphatic hydroxyl groups excluding tert-OH is 4. The van der Waals surface area contributed by atoms with Crippen molar-refractivity contribution in [2.24, 2.45) is 5.41 Å². The Bertz CT molecular complexity index is 272. The molecule has 0 spiro atoms. The predicted octanol–water partition coefficient (Wildman–Crippen LogP) is -2.03. The fourth-order valence-corrected chi connectivity index (χ4v) is 1.55. The van der Waals surface area contributed by atoms with Crippen molar-refractivity contribution in [2.75, 3.05) is 26.4 Å². The van der Waals surface area contributed by atoms with E-state index in [4.69, 9.17) is 40.0 Å². The van der Waals surface area contributed by atoms with E-state index in [9.17, 15) is 9.13 Å². The van der Waals surface area contributed by atoms with E-state index in [1.807, 2.05) is 0 Å². The Morgan fingerprint density at radius 2 is 0.900 bits per heavy atom. The topological polar surface area (TPSA) is 205 Å². The molecule has 0 aliphatic carbocycles. The van der Waals surface area contributed by atoms with Gasteiger partial charge in [-0.05, 0) is 0 Å². The van der Waals surface area contributed by atoms with Gasteiger partial charge < -0.3 is 40.0 Å². The molecule has 0 aliphatic rings. The van der Waals surface area contributed by atoms with Gasteiger partial charge in [-0.1, -0.05) is 0 Å². The molecule has 0 aromatic heterocycles. The summed E-state index contributed by atoms with van der Waals surface area (Å²) in [5.41, 5.74) is -1.11. The van der Waals surface area contributed by atoms with Gasteiger partial charge in [0.1, 0.15) is 0 Å². The van der Waals surface area contributed by atoms with Crippen molar-refractivity contribution in [3.05, 3.63) is 0 Å². The first-order valence-electron chi connectivity index (χ1n) is 4.21. The number of phosphoric acid groups is 2. The zero-order valence-corrected chi connectivity index (χ0v) is 13.3. The summed E-state index contributed by atoms with van der Waals surface area (Å²) in [6.07, 6.45) is 0. The van der Waals surface area contributed by atoms with Gasteiger partial charge in [-0.25, -0.2) is 9.13 Å². The van der Waals surface area contributed by atoms with E-state index >= 15 is 0 Å². The Kier molecular flexibility index (Phi) is 17.6. The lowest BCUT2D eigenvalue weighted by Crippen LogP contribution is -2.37. The predicted molar refractivity (Wildman–Crippen MR) is 70.4 cm³/mol. The molecule has 128 valence electrons. The molecule has 15 heteroatoms. The molecule has 0 unspecified atom stereocenters. The molecule has 0 aromatic carbocycles. The quantitative estimate of drug-likeness (QED) is 0.233. The van der Waals surface area contributed by atoms with E-state index in [1.165, 1.54) is 0 Å². The van der Waals surface area contributed by atoms with Crippen molar-refractivity contribution in [1.82, 2.24) is 0 Å². The minimum Gasteiger partial charge on any atom is -0.396 e. The molecule has 0 fully saturated rings. The lowest BCUT2D eigenvalue weighted by atomic mass is 9.93. The average molecular weight is 387 g/mol. The van der Waals surface area contributed by atoms with Gasteiger partial charge in [0.15, 0.2) is 0 Å². The van der Waals surface area contributed by atoms with Crippen LogP contribution in [0.4, 0.5) is 0 Å². The van der Waals surface area contributed by atoms with Gasteiger partial charge in [0, 0.05) is 0 Å². The number of hydrogen-bond acceptors (Lipinski definition) is 7. The fourth-order valence-electron chi connectivity index (χ4n) is 0.439. The highest BCUT2D eigenvalue weighted by Gasteiger charge is 2.28. The molecule has 11 nitrogen and oxygen atoms in total. The highest BCUT2D eigenvalue weighted by molar-refractivity contribution is 7.60. The maximum absolute atomic E-state index is 9.63. The second kappa shape index (κ2) is 12.2. The first-order valence-corrected chi connectivity index (χ1v) is 7.27. The Labute approximate surface area is 126 Å². The molecular formula is C5H18Cl2O11P2. The van der Waals surface area contributed by atoms with Gasteiger partial charge >= 0.3 is 15.6 Å². The Balaban J connectivity index is -0.000000116. The van der Waals surface area contributed by atoms with E-state index < -0.39 is 47.5 Å². The molecule has 0 bridgehead atoms. The number of aliphatic hydroxyl groups is 4. The monoisotopic (exact) mass is 386 g/mol. The third-order valence-corrected chi connectivity index (χ3v) is 3.26. The lowest BCUT2D eigenvalue weighted by molar-refractivity contribution is -0.0328. The standard InChI is InChI=1S/C5H12O4.2ClH.H4O7P2/c6-1-5(2-7,3-8)4-9;;;1-8(2,3)7-9(4,5)6/h6-9H,1-4H2;2*1H;(H2,1,2,3)(H2,4,5,6). The summed E-state index contributed by atoms with van der Waals surface area (Å²) in [6.45, 7) is -1.62. The zero-order valence-electron chi connectivity index (χ0n) is 9.84. The third kappa shape index (κ3) is 16.7. The summed E-state index contributed by atoms with van der Waals surface area (Å²) >= 11 is 0. The van der Waals surface area contributed by atoms with E-state index in [2.05, 4.69) is 4.31 Å². The van der Waals surface area contributed by atoms with Gasteiger partial charge in [0.2, 0.25) is 0 Å². The van der Waals surface area contributed by atoms with Gasteiger partial charge in [0.25, 0.3) is 0 Å². The molecule has 20 heavy (non-hydrogen) atoms. The summed E-state index contributed by atoms with van der Waals surface area (Å²) < 4.78 is 22.2. The lowest BCUT2D eigenvalue weighted by Gasteiger charge is -2.23. The third-order valence-electron chi connectivity index (χ3n) is 1.55. The van der Waals surface area contributed by atoms with Crippen LogP contribution in [0.2, 0.25) is 0 Å². The van der Waals surface area contributed by atoms with Crippen molar-refractivity contribution >= 4 is 40.5 Å². The maximum Gasteiger partial charge on any atom is 0.478 e. The van der Waals surface area contributed by atoms with Crippen LogP contribution in [0.25, 0.3) is 0 Å². The maximum atomic E-state index is 9.63. The molecule has 0 rings (SSSR count). The van der Waals surface area contributed by atoms with E-state index in [0.29, 0.717) is 0 Å². The number of halogens is 2. The van der Waals surface area contributed by atoms with Gasteiger partial charge in [-0.3, -0.25) is 0 Å². The van der Waals surface area contributed by atoms with E-state index in [1.54, 1.807) is 0 Å². The molecule has 0 atom stereocenters. The summed E-state index contributed by atoms with van der Waals surface area (Å²) in [4.78, 5) is 31.0. The van der Waals surface area contributed by atoms with Crippen molar-refractivity contribution in [3.8, 4) is 0 Å². The second-order valence-electron chi connectivity index (χ2n) is 3.20. The average Bonchev–Trinajstić information content (AvgIpc) is 2.17. The SMILES string of the molecule is Cl.Cl.O=P(O)(O)OP(=O)(O)O.OCC(CO)(CO)CO. The minimum atomic E-state index is -5.05. The van der Waals surface area contributed by atoms with Crippen molar-refractivity contribution in [2.45, 2.75) is 0 Å². The minimum absolute atomic E-state index is 0. The second-order valence-corrected chi connectivity index (χ2v) is 5.81. The first kappa shape index (κ1) is 28.8. The van der Waals surface area contributed by atoms with Gasteiger partial charge in [-0.2, -0.15) is 4.31 Å². The molecule has 0 saturated heterocycles. The highest BCUT2D eigenvalue weighted by Crippen LogP contribution is 2.53. The highest BCUT2D eigenvalue weighted by atomic mass is 35.5. The number of hydrogen-bond donors (Lipinski definition) is 8.